The minimum absolute atomic E-state index is 0.00331. The molecule has 0 amide bonds. The van der Waals surface area contributed by atoms with E-state index in [0.717, 1.165) is 52.0 Å². The maximum absolute atomic E-state index is 13.1. The van der Waals surface area contributed by atoms with Crippen LogP contribution in [-0.4, -0.2) is 46.6 Å². The zero-order chi connectivity index (χ0) is 32.3. The number of hydrogen-bond acceptors (Lipinski definition) is 6. The molecule has 0 radical (unpaired) electrons. The minimum atomic E-state index is -0.369. The number of esters is 1. The molecule has 238 valence electrons. The van der Waals surface area contributed by atoms with Gasteiger partial charge >= 0.3 is 5.97 Å². The van der Waals surface area contributed by atoms with Crippen LogP contribution in [0.15, 0.2) is 72.8 Å². The number of ether oxygens (including phenoxy) is 4. The predicted octanol–water partition coefficient (Wildman–Crippen LogP) is 8.39. The van der Waals surface area contributed by atoms with E-state index in [1.807, 2.05) is 61.5 Å². The average molecular weight is 651 g/mol. The van der Waals surface area contributed by atoms with E-state index < -0.39 is 0 Å². The number of nitrogens with two attached hydrogens (primary N) is 1. The average Bonchev–Trinajstić information content (AvgIpc) is 3.03. The first-order chi connectivity index (χ1) is 21.7. The van der Waals surface area contributed by atoms with Crippen LogP contribution in [0.2, 0.25) is 10.0 Å². The molecule has 45 heavy (non-hydrogen) atoms. The second-order valence-corrected chi connectivity index (χ2v) is 11.8. The second-order valence-electron chi connectivity index (χ2n) is 11.0. The van der Waals surface area contributed by atoms with Crippen molar-refractivity contribution in [1.29, 1.82) is 0 Å². The van der Waals surface area contributed by atoms with Gasteiger partial charge in [0.2, 0.25) is 0 Å². The largest absolute Gasteiger partial charge is 0.490 e. The third-order valence-electron chi connectivity index (χ3n) is 7.78. The lowest BCUT2D eigenvalue weighted by Crippen LogP contribution is -2.17. The van der Waals surface area contributed by atoms with Crippen molar-refractivity contribution < 1.29 is 23.7 Å². The van der Waals surface area contributed by atoms with Crippen molar-refractivity contribution in [3.63, 3.8) is 0 Å². The maximum Gasteiger partial charge on any atom is 0.338 e. The third kappa shape index (κ3) is 9.01. The molecule has 0 saturated heterocycles. The van der Waals surface area contributed by atoms with E-state index in [-0.39, 0.29) is 11.9 Å². The molecule has 0 aliphatic carbocycles. The summed E-state index contributed by atoms with van der Waals surface area (Å²) in [7, 11) is 3.12. The molecule has 2 N–H and O–H groups in total. The molecule has 0 heterocycles. The molecule has 6 nitrogen and oxygen atoms in total. The number of benzene rings is 4. The zero-order valence-corrected chi connectivity index (χ0v) is 27.8. The molecule has 1 unspecified atom stereocenters. The van der Waals surface area contributed by atoms with Gasteiger partial charge in [-0.05, 0) is 109 Å². The fraction of sp³-hybridized carbons (Fsp3) is 0.324. The van der Waals surface area contributed by atoms with E-state index in [4.69, 9.17) is 47.9 Å². The van der Waals surface area contributed by atoms with Gasteiger partial charge in [-0.15, -0.1) is 0 Å². The topological polar surface area (TPSA) is 80.0 Å². The Bertz CT molecular complexity index is 1570. The van der Waals surface area contributed by atoms with Gasteiger partial charge in [-0.1, -0.05) is 65.7 Å². The van der Waals surface area contributed by atoms with Crippen LogP contribution in [0.25, 0.3) is 11.1 Å². The number of carbonyl (C=O) groups is 1. The van der Waals surface area contributed by atoms with Crippen LogP contribution in [-0.2, 0) is 22.3 Å². The van der Waals surface area contributed by atoms with Crippen molar-refractivity contribution in [1.82, 2.24) is 0 Å². The van der Waals surface area contributed by atoms with Crippen molar-refractivity contribution in [2.45, 2.75) is 39.0 Å². The summed E-state index contributed by atoms with van der Waals surface area (Å²) in [6.45, 7) is 5.74. The van der Waals surface area contributed by atoms with E-state index in [9.17, 15) is 4.79 Å². The van der Waals surface area contributed by atoms with Gasteiger partial charge < -0.3 is 24.7 Å². The normalized spacial score (nSPS) is 11.7. The molecule has 0 aliphatic heterocycles. The van der Waals surface area contributed by atoms with Crippen molar-refractivity contribution in [2.24, 2.45) is 5.73 Å². The van der Waals surface area contributed by atoms with Gasteiger partial charge in [-0.25, -0.2) is 4.79 Å². The Hall–Kier alpha value is -3.55. The van der Waals surface area contributed by atoms with Gasteiger partial charge in [0.05, 0.1) is 22.7 Å². The molecule has 0 bridgehead atoms. The van der Waals surface area contributed by atoms with Gasteiger partial charge in [-0.2, -0.15) is 0 Å². The Morgan fingerprint density at radius 2 is 1.53 bits per heavy atom. The molecule has 4 aromatic rings. The summed E-state index contributed by atoms with van der Waals surface area (Å²) >= 11 is 12.5. The van der Waals surface area contributed by atoms with Crippen LogP contribution < -0.4 is 15.2 Å². The second kappa shape index (κ2) is 16.7. The van der Waals surface area contributed by atoms with Crippen LogP contribution >= 0.6 is 23.2 Å². The van der Waals surface area contributed by atoms with Crippen molar-refractivity contribution in [3.05, 3.63) is 116 Å². The van der Waals surface area contributed by atoms with E-state index >= 15 is 0 Å². The summed E-state index contributed by atoms with van der Waals surface area (Å²) in [6, 6.07) is 23.8. The highest BCUT2D eigenvalue weighted by atomic mass is 35.5. The van der Waals surface area contributed by atoms with Gasteiger partial charge in [0.25, 0.3) is 0 Å². The molecule has 4 rings (SSSR count). The van der Waals surface area contributed by atoms with Crippen LogP contribution in [0.1, 0.15) is 50.5 Å². The first-order valence-corrected chi connectivity index (χ1v) is 15.8. The Morgan fingerprint density at radius 3 is 2.20 bits per heavy atom. The summed E-state index contributed by atoms with van der Waals surface area (Å²) in [5, 5.41) is 0.954. The van der Waals surface area contributed by atoms with Crippen molar-refractivity contribution in [2.75, 3.05) is 40.6 Å². The molecule has 0 aromatic heterocycles. The fourth-order valence-corrected chi connectivity index (χ4v) is 6.23. The molecule has 1 atom stereocenters. The summed E-state index contributed by atoms with van der Waals surface area (Å²) in [5.74, 6) is 0.820. The van der Waals surface area contributed by atoms with E-state index in [0.29, 0.717) is 54.1 Å². The molecule has 0 fully saturated rings. The highest BCUT2D eigenvalue weighted by Crippen LogP contribution is 2.35. The van der Waals surface area contributed by atoms with Gasteiger partial charge in [-0.3, -0.25) is 0 Å². The number of methoxy groups -OCH3 is 2. The van der Waals surface area contributed by atoms with Crippen LogP contribution in [0, 0.1) is 13.8 Å². The first-order valence-electron chi connectivity index (χ1n) is 15.1. The number of aryl methyl sites for hydroxylation is 3. The Labute approximate surface area is 276 Å². The van der Waals surface area contributed by atoms with Crippen molar-refractivity contribution in [3.8, 4) is 22.6 Å². The van der Waals surface area contributed by atoms with E-state index in [1.54, 1.807) is 7.11 Å². The Kier molecular flexibility index (Phi) is 12.7. The number of hydrogen-bond donors (Lipinski definition) is 1. The number of rotatable bonds is 15. The fourth-order valence-electron chi connectivity index (χ4n) is 5.53. The highest BCUT2D eigenvalue weighted by molar-refractivity contribution is 6.37. The Balaban J connectivity index is 1.47. The standard InChI is InChI=1S/C37H41Cl2NO5/c1-24-18-34(38)36(35(39)19-24)45-17-16-44-29-13-11-26(12-14-29)21-28(23-40)31-22-33(37(41)43-4)32(20-25(31)2)30-10-6-5-8-27(30)9-7-15-42-3/h5-6,8,10-14,18-20,22,28H,7,9,15-17,21,23,40H2,1-4H3. The number of carbonyl (C=O) groups excluding carboxylic acids is 1. The van der Waals surface area contributed by atoms with E-state index in [1.165, 1.54) is 12.7 Å². The van der Waals surface area contributed by atoms with Crippen LogP contribution in [0.3, 0.4) is 0 Å². The van der Waals surface area contributed by atoms with Crippen molar-refractivity contribution >= 4 is 29.2 Å². The quantitative estimate of drug-likeness (QED) is 0.103. The maximum atomic E-state index is 13.1. The monoisotopic (exact) mass is 649 g/mol. The van der Waals surface area contributed by atoms with Gasteiger partial charge in [0, 0.05) is 19.6 Å². The molecule has 8 heteroatoms. The van der Waals surface area contributed by atoms with Crippen LogP contribution in [0.5, 0.6) is 11.5 Å². The molecule has 0 spiro atoms. The minimum Gasteiger partial charge on any atom is -0.490 e. The summed E-state index contributed by atoms with van der Waals surface area (Å²) in [5.41, 5.74) is 14.1. The lowest BCUT2D eigenvalue weighted by Gasteiger charge is -2.22. The summed E-state index contributed by atoms with van der Waals surface area (Å²) in [4.78, 5) is 13.1. The molecular weight excluding hydrogens is 609 g/mol. The third-order valence-corrected chi connectivity index (χ3v) is 8.35. The molecule has 0 saturated carbocycles. The highest BCUT2D eigenvalue weighted by Gasteiger charge is 2.22. The van der Waals surface area contributed by atoms with E-state index in [2.05, 4.69) is 25.1 Å². The van der Waals surface area contributed by atoms with Crippen LogP contribution in [0.4, 0.5) is 0 Å². The van der Waals surface area contributed by atoms with Gasteiger partial charge in [0.1, 0.15) is 19.0 Å². The molecule has 0 aliphatic rings. The molecular formula is C37H41Cl2NO5. The first kappa shape index (κ1) is 34.3. The zero-order valence-electron chi connectivity index (χ0n) is 26.3. The smallest absolute Gasteiger partial charge is 0.338 e. The Morgan fingerprint density at radius 1 is 0.844 bits per heavy atom. The SMILES string of the molecule is COCCCc1ccccc1-c1cc(C)c(C(CN)Cc2ccc(OCCOc3c(Cl)cc(C)cc3Cl)cc2)cc1C(=O)OC. The predicted molar refractivity (Wildman–Crippen MR) is 182 cm³/mol. The molecule has 4 aromatic carbocycles. The number of halogens is 2. The van der Waals surface area contributed by atoms with Gasteiger partial charge in [0.15, 0.2) is 5.75 Å². The lowest BCUT2D eigenvalue weighted by molar-refractivity contribution is 0.0601. The lowest BCUT2D eigenvalue weighted by atomic mass is 9.84. The summed E-state index contributed by atoms with van der Waals surface area (Å²) < 4.78 is 22.1. The summed E-state index contributed by atoms with van der Waals surface area (Å²) in [6.07, 6.45) is 2.44.